The van der Waals surface area contributed by atoms with E-state index in [1.165, 1.54) is 122 Å². The molecule has 1 saturated carbocycles. The number of hydrogen-bond donors (Lipinski definition) is 0. The van der Waals surface area contributed by atoms with Crippen molar-refractivity contribution >= 4 is 54.2 Å². The SMILES string of the molecule is [CH]1[C](C=C2c3ccc4ccccc4c3-c3c2ccc2ccccc32)[C]2C=CC=C[C]2[C]1C=C1c2ccc3ccccc3c2-c2c1ccc1ccccc21. The molecule has 0 N–H and O–H groups in total. The largest absolute Gasteiger partial charge is 0.0755 e. The summed E-state index contributed by atoms with van der Waals surface area (Å²) < 4.78 is 0. The Kier molecular flexibility index (Phi) is 6.16. The Balaban J connectivity index is 1.04. The molecule has 53 heavy (non-hydrogen) atoms. The molecule has 0 aliphatic heterocycles. The molecule has 0 atom stereocenters. The fourth-order valence-corrected chi connectivity index (χ4v) is 9.52. The third-order valence-electron chi connectivity index (χ3n) is 11.8. The highest BCUT2D eigenvalue weighted by Crippen LogP contribution is 2.58. The van der Waals surface area contributed by atoms with Crippen LogP contribution in [0.15, 0.2) is 182 Å². The minimum absolute atomic E-state index is 1.25. The Morgan fingerprint density at radius 2 is 0.604 bits per heavy atom. The van der Waals surface area contributed by atoms with Gasteiger partial charge in [0, 0.05) is 23.7 Å². The van der Waals surface area contributed by atoms with Gasteiger partial charge in [-0.3, -0.25) is 0 Å². The first kappa shape index (κ1) is 29.3. The fourth-order valence-electron chi connectivity index (χ4n) is 9.52. The van der Waals surface area contributed by atoms with Crippen LogP contribution in [-0.2, 0) is 0 Å². The highest BCUT2D eigenvalue weighted by Gasteiger charge is 2.43. The second kappa shape index (κ2) is 11.1. The van der Waals surface area contributed by atoms with Gasteiger partial charge in [0.1, 0.15) is 0 Å². The van der Waals surface area contributed by atoms with Crippen molar-refractivity contribution in [1.82, 2.24) is 0 Å². The Hall–Kier alpha value is -6.24. The first-order chi connectivity index (χ1) is 26.3. The van der Waals surface area contributed by atoms with Gasteiger partial charge in [0.15, 0.2) is 0 Å². The minimum Gasteiger partial charge on any atom is -0.0755 e. The predicted molar refractivity (Wildman–Crippen MR) is 223 cm³/mol. The molecule has 243 valence electrons. The van der Waals surface area contributed by atoms with E-state index in [-0.39, 0.29) is 0 Å². The molecule has 8 aromatic rings. The predicted octanol–water partition coefficient (Wildman–Crippen LogP) is 13.5. The van der Waals surface area contributed by atoms with E-state index < -0.39 is 0 Å². The van der Waals surface area contributed by atoms with Gasteiger partial charge < -0.3 is 0 Å². The van der Waals surface area contributed by atoms with Crippen LogP contribution in [0.5, 0.6) is 0 Å². The fraction of sp³-hybridized carbons (Fsp3) is 0. The van der Waals surface area contributed by atoms with Crippen molar-refractivity contribution in [3.05, 3.63) is 234 Å². The van der Waals surface area contributed by atoms with Crippen LogP contribution in [0.2, 0.25) is 0 Å². The second-order valence-electron chi connectivity index (χ2n) is 14.6. The summed E-state index contributed by atoms with van der Waals surface area (Å²) in [6, 6.07) is 53.8. The molecule has 8 aromatic carbocycles. The summed E-state index contributed by atoms with van der Waals surface area (Å²) in [6.07, 6.45) is 16.3. The van der Waals surface area contributed by atoms with Gasteiger partial charge in [-0.15, -0.1) is 0 Å². The smallest absolute Gasteiger partial charge is 0.0206 e. The van der Waals surface area contributed by atoms with Crippen LogP contribution in [0.25, 0.3) is 76.5 Å². The van der Waals surface area contributed by atoms with Gasteiger partial charge in [-0.05, 0) is 105 Å². The summed E-state index contributed by atoms with van der Waals surface area (Å²) in [6.45, 7) is 0. The summed E-state index contributed by atoms with van der Waals surface area (Å²) in [5.41, 5.74) is 13.2. The molecule has 0 bridgehead atoms. The molecule has 0 aromatic heterocycles. The lowest BCUT2D eigenvalue weighted by Crippen LogP contribution is -2.08. The molecule has 0 unspecified atom stereocenters. The standard InChI is InChI=1S/C53H31/c1-5-17-40-32(11-1)21-25-44-48(45-26-22-33-12-2-6-18-41(33)51(45)50(40)44)30-36-29-37(39-16-10-9-15-38(36)39)31-49-46-27-23-34-13-3-7-19-42(34)52(46)53-43-20-8-4-14-35(43)24-28-47(49)53/h1-31H. The molecule has 0 spiro atoms. The molecule has 0 heterocycles. The summed E-state index contributed by atoms with van der Waals surface area (Å²) in [4.78, 5) is 0. The molecule has 0 amide bonds. The molecule has 5 radical (unpaired) electrons. The van der Waals surface area contributed by atoms with Crippen molar-refractivity contribution < 1.29 is 0 Å². The third-order valence-corrected chi connectivity index (χ3v) is 11.8. The number of allylic oxidation sites excluding steroid dienone is 6. The first-order valence-corrected chi connectivity index (χ1v) is 18.5. The molecular formula is C53H31. The molecule has 0 nitrogen and oxygen atoms in total. The first-order valence-electron chi connectivity index (χ1n) is 18.5. The number of fused-ring (bicyclic) bond motifs is 15. The van der Waals surface area contributed by atoms with Crippen molar-refractivity contribution in [2.45, 2.75) is 0 Å². The Morgan fingerprint density at radius 3 is 0.925 bits per heavy atom. The average molecular weight is 668 g/mol. The van der Waals surface area contributed by atoms with Crippen LogP contribution >= 0.6 is 0 Å². The topological polar surface area (TPSA) is 0 Å². The van der Waals surface area contributed by atoms with E-state index in [4.69, 9.17) is 0 Å². The van der Waals surface area contributed by atoms with Crippen LogP contribution in [0.1, 0.15) is 22.3 Å². The number of rotatable bonds is 2. The number of hydrogen-bond acceptors (Lipinski definition) is 0. The van der Waals surface area contributed by atoms with Crippen molar-refractivity contribution in [2.24, 2.45) is 0 Å². The molecule has 4 aliphatic rings. The molecule has 12 rings (SSSR count). The van der Waals surface area contributed by atoms with Crippen LogP contribution in [0, 0.1) is 30.1 Å². The number of benzene rings is 8. The Labute approximate surface area is 309 Å². The minimum atomic E-state index is 1.25. The van der Waals surface area contributed by atoms with Gasteiger partial charge in [0.2, 0.25) is 0 Å². The van der Waals surface area contributed by atoms with E-state index in [1.54, 1.807) is 0 Å². The summed E-state index contributed by atoms with van der Waals surface area (Å²) in [5, 5.41) is 10.3. The molecular weight excluding hydrogens is 637 g/mol. The monoisotopic (exact) mass is 667 g/mol. The van der Waals surface area contributed by atoms with E-state index in [0.717, 1.165) is 0 Å². The summed E-state index contributed by atoms with van der Waals surface area (Å²) in [5.74, 6) is 5.05. The van der Waals surface area contributed by atoms with Gasteiger partial charge in [-0.25, -0.2) is 0 Å². The third kappa shape index (κ3) is 4.18. The lowest BCUT2D eigenvalue weighted by molar-refractivity contribution is 1.14. The van der Waals surface area contributed by atoms with E-state index in [1.807, 2.05) is 0 Å². The van der Waals surface area contributed by atoms with Crippen molar-refractivity contribution in [3.63, 3.8) is 0 Å². The average Bonchev–Trinajstić information content (AvgIpc) is 3.86. The van der Waals surface area contributed by atoms with E-state index >= 15 is 0 Å². The summed E-state index contributed by atoms with van der Waals surface area (Å²) >= 11 is 0. The van der Waals surface area contributed by atoms with Crippen molar-refractivity contribution in [2.75, 3.05) is 0 Å². The van der Waals surface area contributed by atoms with Crippen molar-refractivity contribution in [1.29, 1.82) is 0 Å². The lowest BCUT2D eigenvalue weighted by atomic mass is 9.82. The maximum Gasteiger partial charge on any atom is 0.0206 e. The van der Waals surface area contributed by atoms with Crippen LogP contribution in [0.4, 0.5) is 0 Å². The van der Waals surface area contributed by atoms with Gasteiger partial charge in [0.05, 0.1) is 0 Å². The highest BCUT2D eigenvalue weighted by atomic mass is 14.4. The Morgan fingerprint density at radius 1 is 0.302 bits per heavy atom. The highest BCUT2D eigenvalue weighted by molar-refractivity contribution is 6.20. The van der Waals surface area contributed by atoms with E-state index in [0.29, 0.717) is 0 Å². The van der Waals surface area contributed by atoms with Crippen LogP contribution in [-0.4, -0.2) is 0 Å². The molecule has 1 fully saturated rings. The zero-order valence-corrected chi connectivity index (χ0v) is 28.9. The zero-order valence-electron chi connectivity index (χ0n) is 28.9. The normalized spacial score (nSPS) is 16.5. The molecule has 0 heteroatoms. The molecule has 0 saturated heterocycles. The van der Waals surface area contributed by atoms with Crippen molar-refractivity contribution in [3.8, 4) is 22.3 Å². The maximum atomic E-state index is 2.45. The summed E-state index contributed by atoms with van der Waals surface area (Å²) in [7, 11) is 0. The van der Waals surface area contributed by atoms with Gasteiger partial charge >= 0.3 is 0 Å². The van der Waals surface area contributed by atoms with E-state index in [9.17, 15) is 0 Å². The Bertz CT molecular complexity index is 2620. The molecule has 4 aliphatic carbocycles. The van der Waals surface area contributed by atoms with Gasteiger partial charge in [0.25, 0.3) is 0 Å². The zero-order chi connectivity index (χ0) is 34.6. The van der Waals surface area contributed by atoms with Gasteiger partial charge in [-0.1, -0.05) is 182 Å². The van der Waals surface area contributed by atoms with Crippen LogP contribution in [0.3, 0.4) is 0 Å². The second-order valence-corrected chi connectivity index (χ2v) is 14.6. The van der Waals surface area contributed by atoms with Crippen LogP contribution < -0.4 is 0 Å². The maximum absolute atomic E-state index is 2.45. The van der Waals surface area contributed by atoms with E-state index in [2.05, 4.69) is 188 Å². The lowest BCUT2D eigenvalue weighted by Gasteiger charge is -2.20. The quantitative estimate of drug-likeness (QED) is 0.172. The van der Waals surface area contributed by atoms with Gasteiger partial charge in [-0.2, -0.15) is 0 Å².